The van der Waals surface area contributed by atoms with E-state index < -0.39 is 5.97 Å². The molecule has 0 bridgehead atoms. The van der Waals surface area contributed by atoms with Crippen molar-refractivity contribution in [3.8, 4) is 22.1 Å². The maximum atomic E-state index is 12.4. The zero-order chi connectivity index (χ0) is 21.5. The van der Waals surface area contributed by atoms with Crippen LogP contribution in [0.5, 0.6) is 11.5 Å². The fraction of sp³-hybridized carbons (Fsp3) is 0.125. The van der Waals surface area contributed by atoms with Gasteiger partial charge in [-0.25, -0.2) is 9.78 Å². The lowest BCUT2D eigenvalue weighted by molar-refractivity contribution is 0.0467. The molecule has 2 heterocycles. The van der Waals surface area contributed by atoms with Gasteiger partial charge in [-0.2, -0.15) is 0 Å². The first-order chi connectivity index (χ1) is 15.2. The summed E-state index contributed by atoms with van der Waals surface area (Å²) in [5, 5.41) is 2.46. The number of hydrogen-bond donors (Lipinski definition) is 0. The van der Waals surface area contributed by atoms with Crippen molar-refractivity contribution in [1.82, 2.24) is 9.97 Å². The standard InChI is InChI=1S/C24H20N2O4S/c1-28-20-11-7-18(8-12-20)23-26-22(16-31-23)24(27)30-14-17-5-9-21(10-6-17)29-15-19-4-2-3-13-25-19/h2-13,16H,14-15H2,1H3. The van der Waals surface area contributed by atoms with Gasteiger partial charge < -0.3 is 14.2 Å². The minimum Gasteiger partial charge on any atom is -0.497 e. The van der Waals surface area contributed by atoms with E-state index in [9.17, 15) is 4.79 Å². The quantitative estimate of drug-likeness (QED) is 0.359. The molecule has 0 saturated heterocycles. The zero-order valence-corrected chi connectivity index (χ0v) is 17.7. The van der Waals surface area contributed by atoms with Crippen LogP contribution in [0.2, 0.25) is 0 Å². The van der Waals surface area contributed by atoms with Gasteiger partial charge in [0.1, 0.15) is 29.7 Å². The first-order valence-corrected chi connectivity index (χ1v) is 10.5. The Bertz CT molecular complexity index is 1130. The van der Waals surface area contributed by atoms with Crippen molar-refractivity contribution in [2.45, 2.75) is 13.2 Å². The normalized spacial score (nSPS) is 10.5. The van der Waals surface area contributed by atoms with E-state index in [-0.39, 0.29) is 6.61 Å². The van der Waals surface area contributed by atoms with Crippen molar-refractivity contribution < 1.29 is 19.0 Å². The topological polar surface area (TPSA) is 70.5 Å². The highest BCUT2D eigenvalue weighted by Crippen LogP contribution is 2.26. The lowest BCUT2D eigenvalue weighted by atomic mass is 10.2. The highest BCUT2D eigenvalue weighted by Gasteiger charge is 2.13. The van der Waals surface area contributed by atoms with Gasteiger partial charge in [-0.1, -0.05) is 18.2 Å². The highest BCUT2D eigenvalue weighted by molar-refractivity contribution is 7.13. The van der Waals surface area contributed by atoms with Crippen LogP contribution in [0.25, 0.3) is 10.6 Å². The molecule has 0 spiro atoms. The van der Waals surface area contributed by atoms with E-state index in [2.05, 4.69) is 9.97 Å². The number of carbonyl (C=O) groups is 1. The predicted octanol–water partition coefficient (Wildman–Crippen LogP) is 5.15. The average Bonchev–Trinajstić information content (AvgIpc) is 3.33. The maximum absolute atomic E-state index is 12.4. The van der Waals surface area contributed by atoms with Crippen molar-refractivity contribution in [2.75, 3.05) is 7.11 Å². The molecular weight excluding hydrogens is 412 g/mol. The molecule has 0 aliphatic rings. The number of benzene rings is 2. The molecular formula is C24H20N2O4S. The summed E-state index contributed by atoms with van der Waals surface area (Å²) in [5.41, 5.74) is 2.94. The molecule has 4 rings (SSSR count). The first kappa shape index (κ1) is 20.6. The Morgan fingerprint density at radius 1 is 0.935 bits per heavy atom. The Kier molecular flexibility index (Phi) is 6.54. The van der Waals surface area contributed by atoms with Gasteiger partial charge in [0.2, 0.25) is 0 Å². The molecule has 0 radical (unpaired) electrons. The summed E-state index contributed by atoms with van der Waals surface area (Å²) in [7, 11) is 1.62. The Morgan fingerprint density at radius 2 is 1.71 bits per heavy atom. The third-order valence-electron chi connectivity index (χ3n) is 4.46. The third-order valence-corrected chi connectivity index (χ3v) is 5.35. The van der Waals surface area contributed by atoms with Crippen LogP contribution in [-0.4, -0.2) is 23.0 Å². The van der Waals surface area contributed by atoms with Gasteiger partial charge in [-0.3, -0.25) is 4.98 Å². The number of nitrogens with zero attached hydrogens (tertiary/aromatic N) is 2. The van der Waals surface area contributed by atoms with Crippen LogP contribution in [0, 0.1) is 0 Å². The minimum absolute atomic E-state index is 0.161. The summed E-state index contributed by atoms with van der Waals surface area (Å²) in [6, 6.07) is 20.7. The van der Waals surface area contributed by atoms with E-state index in [1.54, 1.807) is 18.7 Å². The van der Waals surface area contributed by atoms with Gasteiger partial charge in [0.25, 0.3) is 0 Å². The van der Waals surface area contributed by atoms with E-state index in [1.807, 2.05) is 66.7 Å². The molecule has 2 aromatic heterocycles. The molecule has 0 aliphatic heterocycles. The summed E-state index contributed by atoms with van der Waals surface area (Å²) in [6.45, 7) is 0.560. The lowest BCUT2D eigenvalue weighted by Gasteiger charge is -2.07. The number of esters is 1. The number of methoxy groups -OCH3 is 1. The second-order valence-electron chi connectivity index (χ2n) is 6.60. The van der Waals surface area contributed by atoms with Crippen LogP contribution in [0.1, 0.15) is 21.7 Å². The zero-order valence-electron chi connectivity index (χ0n) is 16.9. The summed E-state index contributed by atoms with van der Waals surface area (Å²) in [4.78, 5) is 21.0. The molecule has 0 atom stereocenters. The van der Waals surface area contributed by atoms with Crippen LogP contribution in [0.15, 0.2) is 78.3 Å². The van der Waals surface area contributed by atoms with Gasteiger partial charge in [0.05, 0.1) is 12.8 Å². The van der Waals surface area contributed by atoms with E-state index in [0.29, 0.717) is 12.3 Å². The highest BCUT2D eigenvalue weighted by atomic mass is 32.1. The monoisotopic (exact) mass is 432 g/mol. The van der Waals surface area contributed by atoms with Crippen LogP contribution in [0.3, 0.4) is 0 Å². The molecule has 0 amide bonds. The second-order valence-corrected chi connectivity index (χ2v) is 7.45. The van der Waals surface area contributed by atoms with E-state index in [1.165, 1.54) is 11.3 Å². The van der Waals surface area contributed by atoms with Crippen LogP contribution in [-0.2, 0) is 18.0 Å². The smallest absolute Gasteiger partial charge is 0.358 e. The minimum atomic E-state index is -0.452. The molecule has 0 unspecified atom stereocenters. The fourth-order valence-electron chi connectivity index (χ4n) is 2.78. The van der Waals surface area contributed by atoms with Crippen molar-refractivity contribution >= 4 is 17.3 Å². The second kappa shape index (κ2) is 9.86. The number of ether oxygens (including phenoxy) is 3. The van der Waals surface area contributed by atoms with Crippen LogP contribution < -0.4 is 9.47 Å². The van der Waals surface area contributed by atoms with Gasteiger partial charge in [-0.15, -0.1) is 11.3 Å². The van der Waals surface area contributed by atoms with E-state index in [4.69, 9.17) is 14.2 Å². The SMILES string of the molecule is COc1ccc(-c2nc(C(=O)OCc3ccc(OCc4ccccn4)cc3)cs2)cc1. The molecule has 31 heavy (non-hydrogen) atoms. The van der Waals surface area contributed by atoms with Crippen molar-refractivity contribution in [2.24, 2.45) is 0 Å². The van der Waals surface area contributed by atoms with Crippen molar-refractivity contribution in [3.63, 3.8) is 0 Å². The third kappa shape index (κ3) is 5.46. The van der Waals surface area contributed by atoms with Crippen LogP contribution in [0.4, 0.5) is 0 Å². The first-order valence-electron chi connectivity index (χ1n) is 9.60. The largest absolute Gasteiger partial charge is 0.497 e. The number of thiazole rings is 1. The number of pyridine rings is 1. The molecule has 156 valence electrons. The molecule has 0 fully saturated rings. The molecule has 4 aromatic rings. The number of carbonyl (C=O) groups excluding carboxylic acids is 1. The Labute approximate surface area is 184 Å². The van der Waals surface area contributed by atoms with E-state index >= 15 is 0 Å². The van der Waals surface area contributed by atoms with Gasteiger partial charge in [-0.05, 0) is 54.1 Å². The molecule has 0 saturated carbocycles. The molecule has 2 aromatic carbocycles. The predicted molar refractivity (Wildman–Crippen MR) is 118 cm³/mol. The van der Waals surface area contributed by atoms with Gasteiger partial charge in [0, 0.05) is 17.1 Å². The number of rotatable bonds is 8. The fourth-order valence-corrected chi connectivity index (χ4v) is 3.57. The van der Waals surface area contributed by atoms with Gasteiger partial charge >= 0.3 is 5.97 Å². The van der Waals surface area contributed by atoms with Crippen LogP contribution >= 0.6 is 11.3 Å². The average molecular weight is 433 g/mol. The number of aromatic nitrogens is 2. The van der Waals surface area contributed by atoms with Crippen molar-refractivity contribution in [1.29, 1.82) is 0 Å². The number of hydrogen-bond acceptors (Lipinski definition) is 7. The molecule has 7 heteroatoms. The summed E-state index contributed by atoms with van der Waals surface area (Å²) < 4.78 is 16.3. The Hall–Kier alpha value is -3.71. The lowest BCUT2D eigenvalue weighted by Crippen LogP contribution is -2.05. The summed E-state index contributed by atoms with van der Waals surface area (Å²) in [6.07, 6.45) is 1.73. The Morgan fingerprint density at radius 3 is 2.42 bits per heavy atom. The molecule has 0 aliphatic carbocycles. The summed E-state index contributed by atoms with van der Waals surface area (Å²) >= 11 is 1.40. The molecule has 6 nitrogen and oxygen atoms in total. The van der Waals surface area contributed by atoms with Gasteiger partial charge in [0.15, 0.2) is 5.69 Å². The molecule has 0 N–H and O–H groups in total. The summed E-state index contributed by atoms with van der Waals surface area (Å²) in [5.74, 6) is 1.05. The maximum Gasteiger partial charge on any atom is 0.358 e. The Balaban J connectivity index is 1.30. The van der Waals surface area contributed by atoms with E-state index in [0.717, 1.165) is 33.3 Å². The van der Waals surface area contributed by atoms with Crippen molar-refractivity contribution in [3.05, 3.63) is 95.3 Å².